The highest BCUT2D eigenvalue weighted by atomic mass is 79.9. The van der Waals surface area contributed by atoms with Crippen LogP contribution in [0, 0.1) is 0 Å². The number of fused-ring (bicyclic) bond motifs is 1. The van der Waals surface area contributed by atoms with Gasteiger partial charge in [-0.25, -0.2) is 4.79 Å². The molecule has 0 spiro atoms. The first-order valence-corrected chi connectivity index (χ1v) is 7.72. The summed E-state index contributed by atoms with van der Waals surface area (Å²) in [6.45, 7) is 0.955. The summed E-state index contributed by atoms with van der Waals surface area (Å²) >= 11 is 3.53. The quantitative estimate of drug-likeness (QED) is 0.850. The van der Waals surface area contributed by atoms with E-state index < -0.39 is 12.0 Å². The highest BCUT2D eigenvalue weighted by molar-refractivity contribution is 9.10. The van der Waals surface area contributed by atoms with E-state index in [2.05, 4.69) is 21.0 Å². The molecule has 0 aliphatic carbocycles. The molecule has 1 aromatic heterocycles. The predicted octanol–water partition coefficient (Wildman–Crippen LogP) is 2.21. The molecule has 0 atom stereocenters. The standard InChI is InChI=1S/C14H15BrN4O3/c15-12-9-2-1-3-10(13(16)20)11(9)17-19(12)8-4-6-18(7-5-8)14(21)22/h1-3,8H,4-7H2,(H2,16,20)(H,21,22). The second kappa shape index (κ2) is 5.60. The molecule has 1 aliphatic rings. The number of amides is 2. The number of nitrogens with zero attached hydrogens (tertiary/aromatic N) is 3. The monoisotopic (exact) mass is 366 g/mol. The normalized spacial score (nSPS) is 16.1. The lowest BCUT2D eigenvalue weighted by atomic mass is 10.1. The molecule has 22 heavy (non-hydrogen) atoms. The Hall–Kier alpha value is -2.09. The Morgan fingerprint density at radius 3 is 2.59 bits per heavy atom. The SMILES string of the molecule is NC(=O)c1cccc2c(Br)n(C3CCN(C(=O)O)CC3)nc12. The van der Waals surface area contributed by atoms with Crippen molar-refractivity contribution in [2.75, 3.05) is 13.1 Å². The van der Waals surface area contributed by atoms with E-state index in [9.17, 15) is 9.59 Å². The van der Waals surface area contributed by atoms with Crippen LogP contribution >= 0.6 is 15.9 Å². The van der Waals surface area contributed by atoms with Gasteiger partial charge in [0.15, 0.2) is 0 Å². The van der Waals surface area contributed by atoms with Crippen LogP contribution in [0.25, 0.3) is 10.9 Å². The van der Waals surface area contributed by atoms with Gasteiger partial charge >= 0.3 is 6.09 Å². The van der Waals surface area contributed by atoms with E-state index in [1.807, 2.05) is 10.7 Å². The van der Waals surface area contributed by atoms with Crippen molar-refractivity contribution in [3.63, 3.8) is 0 Å². The summed E-state index contributed by atoms with van der Waals surface area (Å²) in [4.78, 5) is 23.9. The average molecular weight is 367 g/mol. The lowest BCUT2D eigenvalue weighted by Crippen LogP contribution is -2.38. The number of nitrogens with two attached hydrogens (primary N) is 1. The third-order valence-electron chi connectivity index (χ3n) is 4.01. The molecule has 8 heteroatoms. The molecule has 2 aromatic rings. The first kappa shape index (κ1) is 14.8. The molecule has 2 amide bonds. The molecule has 1 aromatic carbocycles. The van der Waals surface area contributed by atoms with Crippen molar-refractivity contribution in [3.8, 4) is 0 Å². The van der Waals surface area contributed by atoms with Crippen molar-refractivity contribution < 1.29 is 14.7 Å². The third kappa shape index (κ3) is 2.43. The molecule has 116 valence electrons. The van der Waals surface area contributed by atoms with Crippen molar-refractivity contribution in [1.29, 1.82) is 0 Å². The van der Waals surface area contributed by atoms with Gasteiger partial charge in [0.1, 0.15) is 10.1 Å². The lowest BCUT2D eigenvalue weighted by Gasteiger charge is -2.30. The fraction of sp³-hybridized carbons (Fsp3) is 0.357. The molecule has 1 saturated heterocycles. The number of carbonyl (C=O) groups is 2. The summed E-state index contributed by atoms with van der Waals surface area (Å²) < 4.78 is 2.62. The zero-order valence-electron chi connectivity index (χ0n) is 11.7. The molecule has 7 nitrogen and oxygen atoms in total. The molecular formula is C14H15BrN4O3. The van der Waals surface area contributed by atoms with E-state index in [1.165, 1.54) is 4.90 Å². The minimum absolute atomic E-state index is 0.0955. The van der Waals surface area contributed by atoms with Gasteiger partial charge in [-0.15, -0.1) is 0 Å². The van der Waals surface area contributed by atoms with E-state index >= 15 is 0 Å². The van der Waals surface area contributed by atoms with Gasteiger partial charge in [-0.1, -0.05) is 6.07 Å². The average Bonchev–Trinajstić information content (AvgIpc) is 2.84. The van der Waals surface area contributed by atoms with Crippen LogP contribution in [0.3, 0.4) is 0 Å². The first-order valence-electron chi connectivity index (χ1n) is 6.93. The maximum absolute atomic E-state index is 11.5. The Morgan fingerprint density at radius 1 is 1.32 bits per heavy atom. The molecule has 0 bridgehead atoms. The summed E-state index contributed by atoms with van der Waals surface area (Å²) in [5.41, 5.74) is 6.35. The van der Waals surface area contributed by atoms with Crippen molar-refractivity contribution in [1.82, 2.24) is 14.7 Å². The second-order valence-corrected chi connectivity index (χ2v) is 6.05. The second-order valence-electron chi connectivity index (χ2n) is 5.30. The van der Waals surface area contributed by atoms with Gasteiger partial charge in [0.2, 0.25) is 0 Å². The number of carboxylic acid groups (broad SMARTS) is 1. The van der Waals surface area contributed by atoms with Crippen molar-refractivity contribution in [3.05, 3.63) is 28.4 Å². The van der Waals surface area contributed by atoms with E-state index in [1.54, 1.807) is 12.1 Å². The summed E-state index contributed by atoms with van der Waals surface area (Å²) in [5.74, 6) is -0.511. The van der Waals surface area contributed by atoms with Crippen LogP contribution in [-0.2, 0) is 0 Å². The Morgan fingerprint density at radius 2 is 2.00 bits per heavy atom. The van der Waals surface area contributed by atoms with E-state index in [0.29, 0.717) is 37.0 Å². The van der Waals surface area contributed by atoms with Gasteiger partial charge in [0, 0.05) is 18.5 Å². The van der Waals surface area contributed by atoms with Gasteiger partial charge in [-0.3, -0.25) is 9.48 Å². The number of hydrogen-bond donors (Lipinski definition) is 2. The Balaban J connectivity index is 1.95. The van der Waals surface area contributed by atoms with Gasteiger partial charge in [0.25, 0.3) is 5.91 Å². The number of benzene rings is 1. The molecule has 3 N–H and O–H groups in total. The number of rotatable bonds is 2. The highest BCUT2D eigenvalue weighted by Crippen LogP contribution is 2.32. The number of likely N-dealkylation sites (tertiary alicyclic amines) is 1. The van der Waals surface area contributed by atoms with E-state index in [0.717, 1.165) is 9.99 Å². The predicted molar refractivity (Wildman–Crippen MR) is 83.8 cm³/mol. The van der Waals surface area contributed by atoms with Gasteiger partial charge < -0.3 is 15.7 Å². The number of aromatic nitrogens is 2. The zero-order valence-corrected chi connectivity index (χ0v) is 13.3. The largest absolute Gasteiger partial charge is 0.465 e. The van der Waals surface area contributed by atoms with Crippen molar-refractivity contribution >= 4 is 38.8 Å². The summed E-state index contributed by atoms with van der Waals surface area (Å²) in [7, 11) is 0. The summed E-state index contributed by atoms with van der Waals surface area (Å²) in [6.07, 6.45) is 0.481. The molecule has 1 fully saturated rings. The minimum Gasteiger partial charge on any atom is -0.465 e. The molecule has 0 saturated carbocycles. The van der Waals surface area contributed by atoms with Crippen LogP contribution in [-0.4, -0.2) is 44.9 Å². The molecule has 0 radical (unpaired) electrons. The van der Waals surface area contributed by atoms with Crippen LogP contribution in [0.15, 0.2) is 22.8 Å². The van der Waals surface area contributed by atoms with Gasteiger partial charge in [0.05, 0.1) is 11.6 Å². The van der Waals surface area contributed by atoms with E-state index in [4.69, 9.17) is 10.8 Å². The Labute approximate surface area is 134 Å². The van der Waals surface area contributed by atoms with Crippen LogP contribution in [0.5, 0.6) is 0 Å². The number of hydrogen-bond acceptors (Lipinski definition) is 3. The smallest absolute Gasteiger partial charge is 0.407 e. The fourth-order valence-electron chi connectivity index (χ4n) is 2.84. The number of piperidine rings is 1. The number of carbonyl (C=O) groups excluding carboxylic acids is 1. The van der Waals surface area contributed by atoms with Crippen molar-refractivity contribution in [2.24, 2.45) is 5.73 Å². The van der Waals surface area contributed by atoms with Crippen LogP contribution in [0.1, 0.15) is 29.2 Å². The Kier molecular flexibility index (Phi) is 3.78. The summed E-state index contributed by atoms with van der Waals surface area (Å²) in [6, 6.07) is 5.40. The van der Waals surface area contributed by atoms with Crippen LogP contribution in [0.4, 0.5) is 4.79 Å². The van der Waals surface area contributed by atoms with Crippen LogP contribution < -0.4 is 5.73 Å². The minimum atomic E-state index is -0.890. The number of primary amides is 1. The van der Waals surface area contributed by atoms with Gasteiger partial charge in [-0.2, -0.15) is 5.10 Å². The molecule has 3 rings (SSSR count). The maximum atomic E-state index is 11.5. The highest BCUT2D eigenvalue weighted by Gasteiger charge is 2.26. The molecule has 0 unspecified atom stereocenters. The van der Waals surface area contributed by atoms with Crippen molar-refractivity contribution in [2.45, 2.75) is 18.9 Å². The van der Waals surface area contributed by atoms with E-state index in [-0.39, 0.29) is 6.04 Å². The van der Waals surface area contributed by atoms with Gasteiger partial charge in [-0.05, 0) is 40.9 Å². The molecule has 2 heterocycles. The first-order chi connectivity index (χ1) is 10.5. The topological polar surface area (TPSA) is 101 Å². The lowest BCUT2D eigenvalue weighted by molar-refractivity contribution is 0.100. The fourth-order valence-corrected chi connectivity index (χ4v) is 3.52. The van der Waals surface area contributed by atoms with Crippen LogP contribution in [0.2, 0.25) is 0 Å². The summed E-state index contributed by atoms with van der Waals surface area (Å²) in [5, 5.41) is 14.4. The Bertz CT molecular complexity index is 750. The molecule has 1 aliphatic heterocycles. The zero-order chi connectivity index (χ0) is 15.9. The number of halogens is 1. The third-order valence-corrected chi connectivity index (χ3v) is 4.80. The maximum Gasteiger partial charge on any atom is 0.407 e. The molecular weight excluding hydrogens is 352 g/mol.